The van der Waals surface area contributed by atoms with Gasteiger partial charge in [0, 0.05) is 18.2 Å². The van der Waals surface area contributed by atoms with Crippen LogP contribution in [0.1, 0.15) is 49.3 Å². The second-order valence-electron chi connectivity index (χ2n) is 9.27. The van der Waals surface area contributed by atoms with Crippen molar-refractivity contribution in [2.24, 2.45) is 0 Å². The zero-order valence-electron chi connectivity index (χ0n) is 20.8. The largest absolute Gasteiger partial charge is 0.352 e. The molecule has 2 amide bonds. The molecule has 9 heteroatoms. The lowest BCUT2D eigenvalue weighted by atomic mass is 10.1. The number of nitrogens with zero attached hydrogens (tertiary/aromatic N) is 2. The summed E-state index contributed by atoms with van der Waals surface area (Å²) < 4.78 is 41.0. The van der Waals surface area contributed by atoms with Gasteiger partial charge in [-0.25, -0.2) is 12.8 Å². The number of halogens is 1. The zero-order chi connectivity index (χ0) is 25.8. The first kappa shape index (κ1) is 26.7. The van der Waals surface area contributed by atoms with Gasteiger partial charge in [0.05, 0.1) is 11.9 Å². The van der Waals surface area contributed by atoms with Crippen LogP contribution in [0.5, 0.6) is 0 Å². The summed E-state index contributed by atoms with van der Waals surface area (Å²) in [7, 11) is -3.82. The van der Waals surface area contributed by atoms with Crippen molar-refractivity contribution in [2.75, 3.05) is 17.1 Å². The molecule has 1 fully saturated rings. The minimum absolute atomic E-state index is 0.0535. The average Bonchev–Trinajstić information content (AvgIpc) is 3.30. The normalized spacial score (nSPS) is 15.0. The van der Waals surface area contributed by atoms with E-state index >= 15 is 0 Å². The molecular weight excluding hydrogens is 469 g/mol. The minimum Gasteiger partial charge on any atom is -0.352 e. The van der Waals surface area contributed by atoms with Crippen molar-refractivity contribution in [3.8, 4) is 0 Å². The number of carbonyl (C=O) groups is 2. The number of amides is 2. The lowest BCUT2D eigenvalue weighted by molar-refractivity contribution is -0.139. The number of anilines is 1. The Morgan fingerprint density at radius 2 is 1.74 bits per heavy atom. The van der Waals surface area contributed by atoms with Crippen LogP contribution in [0.4, 0.5) is 10.1 Å². The maximum Gasteiger partial charge on any atom is 0.244 e. The number of nitrogens with one attached hydrogen (secondary N) is 1. The quantitative estimate of drug-likeness (QED) is 0.566. The molecule has 3 rings (SSSR count). The molecule has 0 aliphatic heterocycles. The van der Waals surface area contributed by atoms with Gasteiger partial charge >= 0.3 is 0 Å². The second-order valence-corrected chi connectivity index (χ2v) is 11.2. The van der Waals surface area contributed by atoms with Gasteiger partial charge in [-0.2, -0.15) is 0 Å². The highest BCUT2D eigenvalue weighted by molar-refractivity contribution is 7.92. The van der Waals surface area contributed by atoms with Crippen LogP contribution in [0, 0.1) is 19.7 Å². The van der Waals surface area contributed by atoms with Crippen LogP contribution in [-0.4, -0.2) is 50.0 Å². The summed E-state index contributed by atoms with van der Waals surface area (Å²) in [5, 5.41) is 2.99. The molecule has 0 spiro atoms. The molecule has 7 nitrogen and oxygen atoms in total. The molecule has 0 saturated heterocycles. The maximum atomic E-state index is 14.5. The number of sulfonamides is 1. The fraction of sp³-hybridized carbons (Fsp3) is 0.462. The van der Waals surface area contributed by atoms with Crippen molar-refractivity contribution >= 4 is 27.5 Å². The van der Waals surface area contributed by atoms with E-state index in [9.17, 15) is 22.4 Å². The molecular formula is C26H34FN3O4S. The Bertz CT molecular complexity index is 1180. The number of carbonyl (C=O) groups excluding carboxylic acids is 2. The molecule has 2 aromatic rings. The van der Waals surface area contributed by atoms with Crippen molar-refractivity contribution in [3.63, 3.8) is 0 Å². The van der Waals surface area contributed by atoms with Crippen LogP contribution in [-0.2, 0) is 26.2 Å². The van der Waals surface area contributed by atoms with E-state index in [1.54, 1.807) is 44.2 Å². The van der Waals surface area contributed by atoms with Crippen LogP contribution in [0.15, 0.2) is 42.5 Å². The standard InChI is InChI=1S/C26H34FN3O4S/c1-18-10-9-15-24(19(18)2)30(35(4,33)34)17-25(31)29(16-21-11-5-8-14-23(21)27)20(3)26(32)28-22-12-6-7-13-22/h5,8-11,14-15,20,22H,6-7,12-13,16-17H2,1-4H3,(H,28,32)/t20-/m1/s1. The molecule has 0 radical (unpaired) electrons. The Balaban J connectivity index is 1.92. The van der Waals surface area contributed by atoms with Gasteiger partial charge in [0.15, 0.2) is 0 Å². The summed E-state index contributed by atoms with van der Waals surface area (Å²) in [6.07, 6.45) is 4.88. The van der Waals surface area contributed by atoms with E-state index in [1.807, 2.05) is 13.0 Å². The molecule has 190 valence electrons. The van der Waals surface area contributed by atoms with E-state index in [1.165, 1.54) is 11.0 Å². The minimum atomic E-state index is -3.82. The topological polar surface area (TPSA) is 86.8 Å². The fourth-order valence-electron chi connectivity index (χ4n) is 4.39. The monoisotopic (exact) mass is 503 g/mol. The van der Waals surface area contributed by atoms with Crippen LogP contribution in [0.2, 0.25) is 0 Å². The highest BCUT2D eigenvalue weighted by Crippen LogP contribution is 2.26. The van der Waals surface area contributed by atoms with E-state index in [4.69, 9.17) is 0 Å². The van der Waals surface area contributed by atoms with Crippen molar-refractivity contribution in [1.82, 2.24) is 10.2 Å². The van der Waals surface area contributed by atoms with Crippen molar-refractivity contribution in [3.05, 3.63) is 65.0 Å². The van der Waals surface area contributed by atoms with Crippen LogP contribution >= 0.6 is 0 Å². The first-order chi connectivity index (χ1) is 16.5. The Morgan fingerprint density at radius 3 is 2.37 bits per heavy atom. The third kappa shape index (κ3) is 6.60. The molecule has 1 atom stereocenters. The van der Waals surface area contributed by atoms with Crippen LogP contribution in [0.3, 0.4) is 0 Å². The fourth-order valence-corrected chi connectivity index (χ4v) is 5.29. The van der Waals surface area contributed by atoms with Gasteiger partial charge < -0.3 is 10.2 Å². The summed E-state index contributed by atoms with van der Waals surface area (Å²) >= 11 is 0. The predicted molar refractivity (Wildman–Crippen MR) is 135 cm³/mol. The summed E-state index contributed by atoms with van der Waals surface area (Å²) in [6, 6.07) is 10.4. The average molecular weight is 504 g/mol. The Kier molecular flexibility index (Phi) is 8.53. The smallest absolute Gasteiger partial charge is 0.244 e. The lowest BCUT2D eigenvalue weighted by Crippen LogP contribution is -2.52. The highest BCUT2D eigenvalue weighted by Gasteiger charge is 2.32. The predicted octanol–water partition coefficient (Wildman–Crippen LogP) is 3.68. The number of hydrogen-bond acceptors (Lipinski definition) is 4. The molecule has 0 aromatic heterocycles. The van der Waals surface area contributed by atoms with Gasteiger partial charge in [-0.3, -0.25) is 13.9 Å². The number of rotatable bonds is 9. The van der Waals surface area contributed by atoms with Crippen molar-refractivity contribution < 1.29 is 22.4 Å². The van der Waals surface area contributed by atoms with Crippen LogP contribution in [0.25, 0.3) is 0 Å². The molecule has 0 heterocycles. The van der Waals surface area contributed by atoms with Gasteiger partial charge in [-0.15, -0.1) is 0 Å². The van der Waals surface area contributed by atoms with Gasteiger partial charge in [0.1, 0.15) is 18.4 Å². The summed E-state index contributed by atoms with van der Waals surface area (Å²) in [6.45, 7) is 4.59. The zero-order valence-corrected chi connectivity index (χ0v) is 21.6. The summed E-state index contributed by atoms with van der Waals surface area (Å²) in [4.78, 5) is 27.9. The molecule has 0 unspecified atom stereocenters. The first-order valence-corrected chi connectivity index (χ1v) is 13.7. The molecule has 1 aliphatic rings. The van der Waals surface area contributed by atoms with Gasteiger partial charge in [0.2, 0.25) is 21.8 Å². The third-order valence-electron chi connectivity index (χ3n) is 6.69. The van der Waals surface area contributed by atoms with Gasteiger partial charge in [-0.1, -0.05) is 43.2 Å². The maximum absolute atomic E-state index is 14.5. The molecule has 1 saturated carbocycles. The van der Waals surface area contributed by atoms with E-state index in [0.717, 1.165) is 47.4 Å². The van der Waals surface area contributed by atoms with E-state index in [2.05, 4.69) is 5.32 Å². The number of benzene rings is 2. The molecule has 0 bridgehead atoms. The Morgan fingerprint density at radius 1 is 1.09 bits per heavy atom. The highest BCUT2D eigenvalue weighted by atomic mass is 32.2. The second kappa shape index (κ2) is 11.2. The lowest BCUT2D eigenvalue weighted by Gasteiger charge is -2.32. The molecule has 2 aromatic carbocycles. The molecule has 35 heavy (non-hydrogen) atoms. The van der Waals surface area contributed by atoms with Crippen LogP contribution < -0.4 is 9.62 Å². The Hall–Kier alpha value is -2.94. The van der Waals surface area contributed by atoms with Gasteiger partial charge in [0.25, 0.3) is 0 Å². The van der Waals surface area contributed by atoms with E-state index in [-0.39, 0.29) is 24.1 Å². The van der Waals surface area contributed by atoms with E-state index < -0.39 is 34.3 Å². The van der Waals surface area contributed by atoms with Crippen molar-refractivity contribution in [2.45, 2.75) is 65.1 Å². The molecule has 1 aliphatic carbocycles. The first-order valence-electron chi connectivity index (χ1n) is 11.9. The number of hydrogen-bond donors (Lipinski definition) is 1. The van der Waals surface area contributed by atoms with E-state index in [0.29, 0.717) is 5.69 Å². The summed E-state index contributed by atoms with van der Waals surface area (Å²) in [5.41, 5.74) is 2.27. The van der Waals surface area contributed by atoms with Gasteiger partial charge in [-0.05, 0) is 56.9 Å². The SMILES string of the molecule is Cc1cccc(N(CC(=O)N(Cc2ccccc2F)[C@H](C)C(=O)NC2CCCC2)S(C)(=O)=O)c1C. The third-order valence-corrected chi connectivity index (χ3v) is 7.82. The van der Waals surface area contributed by atoms with Crippen molar-refractivity contribution in [1.29, 1.82) is 0 Å². The Labute approximate surface area is 207 Å². The summed E-state index contributed by atoms with van der Waals surface area (Å²) in [5.74, 6) is -1.42. The number of aryl methyl sites for hydroxylation is 1. The molecule has 1 N–H and O–H groups in total.